The third-order valence-corrected chi connectivity index (χ3v) is 4.60. The molecule has 3 aromatic carbocycles. The van der Waals surface area contributed by atoms with Crippen molar-refractivity contribution in [2.75, 3.05) is 5.32 Å². The van der Waals surface area contributed by atoms with Crippen LogP contribution in [-0.4, -0.2) is 18.0 Å². The van der Waals surface area contributed by atoms with E-state index < -0.39 is 17.6 Å². The number of halogens is 3. The Hall–Kier alpha value is -3.42. The van der Waals surface area contributed by atoms with Crippen LogP contribution in [-0.2, 0) is 16.2 Å². The standard InChI is InChI=1S/C22H16Cl2FN3O3/c23-15-7-9-16(10-8-15)27-21(29)22(30)28-26-12-14-3-1-4-17(11-14)31-13-18-19(24)5-2-6-20(18)25/h1-12H,13H2,(H,27,29)(H,28,30)/b26-12+. The smallest absolute Gasteiger partial charge is 0.329 e. The van der Waals surface area contributed by atoms with E-state index in [4.69, 9.17) is 27.9 Å². The van der Waals surface area contributed by atoms with Crippen LogP contribution in [0.5, 0.6) is 5.75 Å². The van der Waals surface area contributed by atoms with Crippen LogP contribution in [0.3, 0.4) is 0 Å². The molecular weight excluding hydrogens is 444 g/mol. The van der Waals surface area contributed by atoms with E-state index in [-0.39, 0.29) is 17.2 Å². The fraction of sp³-hybridized carbons (Fsp3) is 0.0455. The zero-order valence-electron chi connectivity index (χ0n) is 15.9. The first-order valence-electron chi connectivity index (χ1n) is 8.98. The molecule has 0 saturated heterocycles. The lowest BCUT2D eigenvalue weighted by Gasteiger charge is -2.09. The second kappa shape index (κ2) is 10.6. The fourth-order valence-electron chi connectivity index (χ4n) is 2.45. The molecule has 0 unspecified atom stereocenters. The van der Waals surface area contributed by atoms with Crippen molar-refractivity contribution in [3.63, 3.8) is 0 Å². The summed E-state index contributed by atoms with van der Waals surface area (Å²) in [5, 5.41) is 6.97. The Morgan fingerprint density at radius 1 is 1.00 bits per heavy atom. The van der Waals surface area contributed by atoms with Crippen molar-refractivity contribution in [1.29, 1.82) is 0 Å². The molecule has 9 heteroatoms. The summed E-state index contributed by atoms with van der Waals surface area (Å²) in [6.45, 7) is -0.0479. The largest absolute Gasteiger partial charge is 0.489 e. The van der Waals surface area contributed by atoms with Crippen LogP contribution < -0.4 is 15.5 Å². The van der Waals surface area contributed by atoms with E-state index in [1.54, 1.807) is 54.6 Å². The Morgan fingerprint density at radius 3 is 2.48 bits per heavy atom. The predicted octanol–water partition coefficient (Wildman–Crippen LogP) is 4.80. The molecule has 6 nitrogen and oxygen atoms in total. The van der Waals surface area contributed by atoms with Crippen molar-refractivity contribution in [3.05, 3.63) is 93.7 Å². The van der Waals surface area contributed by atoms with Gasteiger partial charge in [0.05, 0.1) is 11.2 Å². The van der Waals surface area contributed by atoms with Crippen molar-refractivity contribution in [2.24, 2.45) is 5.10 Å². The van der Waals surface area contributed by atoms with Crippen molar-refractivity contribution >= 4 is 46.9 Å². The maximum atomic E-state index is 13.8. The Balaban J connectivity index is 1.54. The summed E-state index contributed by atoms with van der Waals surface area (Å²) in [5.41, 5.74) is 3.41. The molecule has 0 aromatic heterocycles. The van der Waals surface area contributed by atoms with E-state index in [2.05, 4.69) is 15.8 Å². The number of carbonyl (C=O) groups excluding carboxylic acids is 2. The molecule has 0 atom stereocenters. The van der Waals surface area contributed by atoms with Crippen molar-refractivity contribution in [3.8, 4) is 5.75 Å². The maximum Gasteiger partial charge on any atom is 0.329 e. The molecule has 0 saturated carbocycles. The average molecular weight is 460 g/mol. The van der Waals surface area contributed by atoms with Crippen molar-refractivity contribution in [2.45, 2.75) is 6.61 Å². The van der Waals surface area contributed by atoms with Gasteiger partial charge in [0.25, 0.3) is 0 Å². The molecule has 0 bridgehead atoms. The summed E-state index contributed by atoms with van der Waals surface area (Å²) in [6.07, 6.45) is 1.34. The summed E-state index contributed by atoms with van der Waals surface area (Å²) in [5.74, 6) is -1.81. The zero-order chi connectivity index (χ0) is 22.2. The summed E-state index contributed by atoms with van der Waals surface area (Å²) in [7, 11) is 0. The predicted molar refractivity (Wildman–Crippen MR) is 118 cm³/mol. The lowest BCUT2D eigenvalue weighted by Crippen LogP contribution is -2.32. The minimum absolute atomic E-state index is 0.0479. The molecule has 31 heavy (non-hydrogen) atoms. The Morgan fingerprint density at radius 2 is 1.74 bits per heavy atom. The van der Waals surface area contributed by atoms with Gasteiger partial charge in [0, 0.05) is 16.3 Å². The van der Waals surface area contributed by atoms with Crippen LogP contribution in [0.25, 0.3) is 0 Å². The van der Waals surface area contributed by atoms with E-state index in [0.717, 1.165) is 0 Å². The van der Waals surface area contributed by atoms with Gasteiger partial charge < -0.3 is 10.1 Å². The highest BCUT2D eigenvalue weighted by atomic mass is 35.5. The first-order chi connectivity index (χ1) is 14.9. The number of hydrazone groups is 1. The van der Waals surface area contributed by atoms with E-state index in [9.17, 15) is 14.0 Å². The van der Waals surface area contributed by atoms with Gasteiger partial charge in [-0.05, 0) is 54.1 Å². The Bertz CT molecular complexity index is 1100. The van der Waals surface area contributed by atoms with E-state index in [0.29, 0.717) is 22.0 Å². The first kappa shape index (κ1) is 22.3. The zero-order valence-corrected chi connectivity index (χ0v) is 17.5. The number of nitrogens with one attached hydrogen (secondary N) is 2. The van der Waals surface area contributed by atoms with Crippen LogP contribution >= 0.6 is 23.2 Å². The highest BCUT2D eigenvalue weighted by molar-refractivity contribution is 6.39. The van der Waals surface area contributed by atoms with Crippen molar-refractivity contribution in [1.82, 2.24) is 5.43 Å². The number of anilines is 1. The molecule has 158 valence electrons. The van der Waals surface area contributed by atoms with Gasteiger partial charge in [-0.1, -0.05) is 41.4 Å². The number of carbonyl (C=O) groups is 2. The number of amides is 2. The number of rotatable bonds is 6. The highest BCUT2D eigenvalue weighted by Gasteiger charge is 2.12. The maximum absolute atomic E-state index is 13.8. The normalized spacial score (nSPS) is 10.7. The lowest BCUT2D eigenvalue weighted by molar-refractivity contribution is -0.136. The molecule has 2 amide bonds. The number of benzene rings is 3. The number of hydrogen-bond acceptors (Lipinski definition) is 4. The monoisotopic (exact) mass is 459 g/mol. The van der Waals surface area contributed by atoms with Gasteiger partial charge in [0.2, 0.25) is 0 Å². The van der Waals surface area contributed by atoms with Crippen LogP contribution in [0.4, 0.5) is 10.1 Å². The first-order valence-corrected chi connectivity index (χ1v) is 9.73. The van der Waals surface area contributed by atoms with Gasteiger partial charge >= 0.3 is 11.8 Å². The molecule has 0 aliphatic heterocycles. The van der Waals surface area contributed by atoms with E-state index >= 15 is 0 Å². The molecule has 0 radical (unpaired) electrons. The number of hydrogen-bond donors (Lipinski definition) is 2. The molecule has 0 aliphatic rings. The van der Waals surface area contributed by atoms with Crippen molar-refractivity contribution < 1.29 is 18.7 Å². The molecule has 0 aliphatic carbocycles. The summed E-state index contributed by atoms with van der Waals surface area (Å²) < 4.78 is 19.4. The number of ether oxygens (including phenoxy) is 1. The van der Waals surface area contributed by atoms with E-state index in [1.165, 1.54) is 18.3 Å². The highest BCUT2D eigenvalue weighted by Crippen LogP contribution is 2.21. The fourth-order valence-corrected chi connectivity index (χ4v) is 2.79. The lowest BCUT2D eigenvalue weighted by atomic mass is 10.2. The molecule has 0 heterocycles. The molecule has 3 aromatic rings. The van der Waals surface area contributed by atoms with Gasteiger partial charge in [0.1, 0.15) is 18.2 Å². The minimum Gasteiger partial charge on any atom is -0.489 e. The molecular formula is C22H16Cl2FN3O3. The Kier molecular flexibility index (Phi) is 7.59. The van der Waals surface area contributed by atoms with Gasteiger partial charge in [-0.25, -0.2) is 9.82 Å². The summed E-state index contributed by atoms with van der Waals surface area (Å²) in [4.78, 5) is 23.7. The quantitative estimate of drug-likeness (QED) is 0.315. The topological polar surface area (TPSA) is 79.8 Å². The van der Waals surface area contributed by atoms with Crippen LogP contribution in [0, 0.1) is 5.82 Å². The molecule has 0 spiro atoms. The van der Waals surface area contributed by atoms with Crippen LogP contribution in [0.1, 0.15) is 11.1 Å². The van der Waals surface area contributed by atoms with Gasteiger partial charge in [-0.15, -0.1) is 0 Å². The van der Waals surface area contributed by atoms with Crippen LogP contribution in [0.15, 0.2) is 71.8 Å². The molecule has 0 fully saturated rings. The van der Waals surface area contributed by atoms with Gasteiger partial charge in [0.15, 0.2) is 0 Å². The summed E-state index contributed by atoms with van der Waals surface area (Å²) >= 11 is 11.8. The Labute approximate surface area is 187 Å². The second-order valence-electron chi connectivity index (χ2n) is 6.22. The minimum atomic E-state index is -0.937. The average Bonchev–Trinajstić information content (AvgIpc) is 2.75. The second-order valence-corrected chi connectivity index (χ2v) is 7.07. The molecule has 3 rings (SSSR count). The van der Waals surface area contributed by atoms with Gasteiger partial charge in [-0.2, -0.15) is 5.10 Å². The van der Waals surface area contributed by atoms with Crippen LogP contribution in [0.2, 0.25) is 10.0 Å². The third kappa shape index (κ3) is 6.53. The third-order valence-electron chi connectivity index (χ3n) is 3.99. The molecule has 2 N–H and O–H groups in total. The van der Waals surface area contributed by atoms with E-state index in [1.807, 2.05) is 0 Å². The van der Waals surface area contributed by atoms with Gasteiger partial charge in [-0.3, -0.25) is 9.59 Å². The summed E-state index contributed by atoms with van der Waals surface area (Å²) in [6, 6.07) is 17.4. The SMILES string of the molecule is O=C(N/N=C/c1cccc(OCc2c(F)cccc2Cl)c1)C(=O)Nc1ccc(Cl)cc1. The number of nitrogens with zero attached hydrogens (tertiary/aromatic N) is 1.